The fourth-order valence-corrected chi connectivity index (χ4v) is 4.17. The average Bonchev–Trinajstić information content (AvgIpc) is 3.38. The molecule has 0 atom stereocenters. The third-order valence-corrected chi connectivity index (χ3v) is 5.99. The van der Waals surface area contributed by atoms with E-state index in [1.54, 1.807) is 24.3 Å². The summed E-state index contributed by atoms with van der Waals surface area (Å²) in [7, 11) is -2.13. The third-order valence-electron chi connectivity index (χ3n) is 4.48. The number of carbonyl (C=O) groups excluding carboxylic acids is 1. The Labute approximate surface area is 168 Å². The molecule has 2 aromatic rings. The first-order valence-electron chi connectivity index (χ1n) is 9.08. The van der Waals surface area contributed by atoms with E-state index in [4.69, 9.17) is 14.2 Å². The van der Waals surface area contributed by atoms with Gasteiger partial charge in [0.05, 0.1) is 24.2 Å². The van der Waals surface area contributed by atoms with Crippen LogP contribution in [0.1, 0.15) is 12.8 Å². The molecule has 1 amide bonds. The van der Waals surface area contributed by atoms with Gasteiger partial charge in [-0.25, -0.2) is 13.1 Å². The normalized spacial score (nSPS) is 15.1. The van der Waals surface area contributed by atoms with Gasteiger partial charge in [0.15, 0.2) is 11.5 Å². The van der Waals surface area contributed by atoms with Gasteiger partial charge in [-0.15, -0.1) is 0 Å². The van der Waals surface area contributed by atoms with Crippen LogP contribution in [-0.2, 0) is 14.8 Å². The molecule has 2 aromatic carbocycles. The molecule has 4 rings (SSSR count). The van der Waals surface area contributed by atoms with Crippen LogP contribution in [-0.4, -0.2) is 40.8 Å². The highest BCUT2D eigenvalue weighted by Crippen LogP contribution is 2.34. The Kier molecular flexibility index (Phi) is 5.20. The first-order valence-corrected chi connectivity index (χ1v) is 10.6. The zero-order valence-corrected chi connectivity index (χ0v) is 16.5. The number of hydrogen-bond acceptors (Lipinski definition) is 7. The number of hydrogen-bond donors (Lipinski definition) is 3. The van der Waals surface area contributed by atoms with Crippen LogP contribution in [0.15, 0.2) is 41.3 Å². The Morgan fingerprint density at radius 1 is 1.14 bits per heavy atom. The van der Waals surface area contributed by atoms with Crippen LogP contribution in [0.25, 0.3) is 0 Å². The lowest BCUT2D eigenvalue weighted by Gasteiger charge is -2.14. The number of ether oxygens (including phenoxy) is 3. The smallest absolute Gasteiger partial charge is 0.243 e. The summed E-state index contributed by atoms with van der Waals surface area (Å²) in [6.07, 6.45) is 1.70. The molecule has 29 heavy (non-hydrogen) atoms. The topological polar surface area (TPSA) is 115 Å². The number of anilines is 2. The summed E-state index contributed by atoms with van der Waals surface area (Å²) in [5.41, 5.74) is 0.977. The van der Waals surface area contributed by atoms with Crippen molar-refractivity contribution < 1.29 is 27.4 Å². The SMILES string of the molecule is COc1ccc(S(=O)(=O)NC2CC2)cc1NCC(=O)Nc1ccc2c(c1)OCO2. The maximum Gasteiger partial charge on any atom is 0.243 e. The van der Waals surface area contributed by atoms with E-state index in [2.05, 4.69) is 15.4 Å². The molecule has 0 bridgehead atoms. The lowest BCUT2D eigenvalue weighted by molar-refractivity contribution is -0.114. The molecule has 1 aliphatic heterocycles. The summed E-state index contributed by atoms with van der Waals surface area (Å²) in [6, 6.07) is 9.60. The second kappa shape index (κ2) is 7.80. The minimum Gasteiger partial charge on any atom is -0.495 e. The molecule has 0 unspecified atom stereocenters. The van der Waals surface area contributed by atoms with E-state index >= 15 is 0 Å². The third kappa shape index (κ3) is 4.54. The molecule has 1 heterocycles. The van der Waals surface area contributed by atoms with Gasteiger partial charge in [-0.05, 0) is 43.2 Å². The number of sulfonamides is 1. The van der Waals surface area contributed by atoms with Crippen molar-refractivity contribution in [1.29, 1.82) is 0 Å². The molecule has 3 N–H and O–H groups in total. The molecule has 0 spiro atoms. The predicted molar refractivity (Wildman–Crippen MR) is 106 cm³/mol. The predicted octanol–water partition coefficient (Wildman–Crippen LogP) is 1.92. The van der Waals surface area contributed by atoms with Crippen LogP contribution in [0.2, 0.25) is 0 Å². The second-order valence-corrected chi connectivity index (χ2v) is 8.44. The number of methoxy groups -OCH3 is 1. The molecule has 9 nitrogen and oxygen atoms in total. The molecule has 0 saturated heterocycles. The van der Waals surface area contributed by atoms with Crippen molar-refractivity contribution in [1.82, 2.24) is 4.72 Å². The van der Waals surface area contributed by atoms with Gasteiger partial charge in [-0.2, -0.15) is 0 Å². The summed E-state index contributed by atoms with van der Waals surface area (Å²) in [6.45, 7) is 0.0767. The lowest BCUT2D eigenvalue weighted by Crippen LogP contribution is -2.26. The van der Waals surface area contributed by atoms with Crippen molar-refractivity contribution >= 4 is 27.3 Å². The van der Waals surface area contributed by atoms with Gasteiger partial charge in [0.2, 0.25) is 22.7 Å². The summed E-state index contributed by atoms with van der Waals surface area (Å²) >= 11 is 0. The van der Waals surface area contributed by atoms with Gasteiger partial charge in [0.1, 0.15) is 5.75 Å². The van der Waals surface area contributed by atoms with Gasteiger partial charge in [0.25, 0.3) is 0 Å². The molecule has 154 valence electrons. The highest BCUT2D eigenvalue weighted by Gasteiger charge is 2.28. The van der Waals surface area contributed by atoms with Crippen molar-refractivity contribution in [3.05, 3.63) is 36.4 Å². The van der Waals surface area contributed by atoms with E-state index in [0.717, 1.165) is 12.8 Å². The van der Waals surface area contributed by atoms with Crippen molar-refractivity contribution in [3.63, 3.8) is 0 Å². The summed E-state index contributed by atoms with van der Waals surface area (Å²) in [5.74, 6) is 1.32. The van der Waals surface area contributed by atoms with Gasteiger partial charge >= 0.3 is 0 Å². The Bertz CT molecular complexity index is 1040. The monoisotopic (exact) mass is 419 g/mol. The second-order valence-electron chi connectivity index (χ2n) is 6.73. The fourth-order valence-electron chi connectivity index (χ4n) is 2.84. The molecule has 1 saturated carbocycles. The Hall–Kier alpha value is -2.98. The summed E-state index contributed by atoms with van der Waals surface area (Å²) in [4.78, 5) is 12.4. The van der Waals surface area contributed by atoms with E-state index in [1.807, 2.05) is 0 Å². The maximum atomic E-state index is 12.4. The van der Waals surface area contributed by atoms with Crippen molar-refractivity contribution in [2.45, 2.75) is 23.8 Å². The number of benzene rings is 2. The van der Waals surface area contributed by atoms with Crippen molar-refractivity contribution in [3.8, 4) is 17.2 Å². The van der Waals surface area contributed by atoms with Crippen LogP contribution < -0.4 is 29.6 Å². The first-order chi connectivity index (χ1) is 13.9. The maximum absolute atomic E-state index is 12.4. The molecule has 0 radical (unpaired) electrons. The molecule has 0 aromatic heterocycles. The van der Waals surface area contributed by atoms with E-state index in [-0.39, 0.29) is 30.2 Å². The van der Waals surface area contributed by atoms with E-state index in [0.29, 0.717) is 28.6 Å². The molecular weight excluding hydrogens is 398 g/mol. The standard InChI is InChI=1S/C19H21N3O6S/c1-26-16-7-5-14(29(24,25)22-12-2-3-12)9-15(16)20-10-19(23)21-13-4-6-17-18(8-13)28-11-27-17/h4-9,12,20,22H,2-3,10-11H2,1H3,(H,21,23). The molecule has 1 fully saturated rings. The minimum atomic E-state index is -3.61. The van der Waals surface area contributed by atoms with Gasteiger partial charge in [-0.3, -0.25) is 4.79 Å². The minimum absolute atomic E-state index is 0.00555. The van der Waals surface area contributed by atoms with E-state index in [1.165, 1.54) is 19.2 Å². The van der Waals surface area contributed by atoms with Gasteiger partial charge < -0.3 is 24.8 Å². The number of rotatable bonds is 8. The molecule has 2 aliphatic rings. The number of carbonyl (C=O) groups is 1. The van der Waals surface area contributed by atoms with Crippen LogP contribution in [0.4, 0.5) is 11.4 Å². The number of nitrogens with one attached hydrogen (secondary N) is 3. The fraction of sp³-hybridized carbons (Fsp3) is 0.316. The average molecular weight is 419 g/mol. The summed E-state index contributed by atoms with van der Waals surface area (Å²) in [5, 5.41) is 5.68. The molecule has 1 aliphatic carbocycles. The Morgan fingerprint density at radius 3 is 2.69 bits per heavy atom. The van der Waals surface area contributed by atoms with Crippen molar-refractivity contribution in [2.24, 2.45) is 0 Å². The zero-order valence-electron chi connectivity index (χ0n) is 15.7. The highest BCUT2D eigenvalue weighted by molar-refractivity contribution is 7.89. The summed E-state index contributed by atoms with van der Waals surface area (Å²) < 4.78 is 43.3. The van der Waals surface area contributed by atoms with Gasteiger partial charge in [-0.1, -0.05) is 0 Å². The molecular formula is C19H21N3O6S. The quantitative estimate of drug-likeness (QED) is 0.599. The van der Waals surface area contributed by atoms with Crippen molar-refractivity contribution in [2.75, 3.05) is 31.1 Å². The van der Waals surface area contributed by atoms with Gasteiger partial charge in [0, 0.05) is 17.8 Å². The Morgan fingerprint density at radius 2 is 1.93 bits per heavy atom. The Balaban J connectivity index is 1.42. The molecule has 10 heteroatoms. The van der Waals surface area contributed by atoms with E-state index < -0.39 is 10.0 Å². The first kappa shape index (κ1) is 19.3. The number of amides is 1. The van der Waals surface area contributed by atoms with Crippen LogP contribution >= 0.6 is 0 Å². The number of fused-ring (bicyclic) bond motifs is 1. The van der Waals surface area contributed by atoms with E-state index in [9.17, 15) is 13.2 Å². The highest BCUT2D eigenvalue weighted by atomic mass is 32.2. The lowest BCUT2D eigenvalue weighted by atomic mass is 10.2. The van der Waals surface area contributed by atoms with Crippen LogP contribution in [0.3, 0.4) is 0 Å². The van der Waals surface area contributed by atoms with Crippen LogP contribution in [0, 0.1) is 0 Å². The largest absolute Gasteiger partial charge is 0.495 e. The zero-order chi connectivity index (χ0) is 20.4. The van der Waals surface area contributed by atoms with Crippen LogP contribution in [0.5, 0.6) is 17.2 Å².